The first-order valence-corrected chi connectivity index (χ1v) is 12.5. The van der Waals surface area contributed by atoms with Gasteiger partial charge >= 0.3 is 0 Å². The van der Waals surface area contributed by atoms with E-state index in [1.54, 1.807) is 21.3 Å². The molecule has 1 N–H and O–H groups in total. The van der Waals surface area contributed by atoms with E-state index < -0.39 is 17.9 Å². The van der Waals surface area contributed by atoms with Crippen LogP contribution in [0.15, 0.2) is 42.7 Å². The van der Waals surface area contributed by atoms with Gasteiger partial charge in [-0.1, -0.05) is 30.3 Å². The number of hydrogen-bond donors (Lipinski definition) is 1. The number of halogens is 2. The van der Waals surface area contributed by atoms with Crippen molar-refractivity contribution in [2.24, 2.45) is 0 Å². The molecule has 196 valence electrons. The number of aromatic nitrogens is 5. The van der Waals surface area contributed by atoms with Gasteiger partial charge in [-0.3, -0.25) is 19.4 Å². The van der Waals surface area contributed by atoms with Gasteiger partial charge in [0.15, 0.2) is 0 Å². The second kappa shape index (κ2) is 10.4. The third-order valence-electron chi connectivity index (χ3n) is 6.80. The Kier molecular flexibility index (Phi) is 7.00. The van der Waals surface area contributed by atoms with E-state index in [9.17, 15) is 18.4 Å². The molecule has 2 amide bonds. The predicted octanol–water partition coefficient (Wildman–Crippen LogP) is 1.96. The molecule has 1 atom stereocenters. The fraction of sp³-hybridized carbons (Fsp3) is 0.480. The van der Waals surface area contributed by atoms with Crippen LogP contribution in [-0.4, -0.2) is 79.9 Å². The first-order valence-electron chi connectivity index (χ1n) is 12.5. The van der Waals surface area contributed by atoms with Gasteiger partial charge in [-0.25, -0.2) is 23.1 Å². The molecule has 1 fully saturated rings. The number of fused-ring (bicyclic) bond motifs is 1. The smallest absolute Gasteiger partial charge is 0.291 e. The first-order chi connectivity index (χ1) is 17.8. The average molecular weight is 513 g/mol. The van der Waals surface area contributed by atoms with Crippen molar-refractivity contribution in [2.75, 3.05) is 31.6 Å². The third-order valence-corrected chi connectivity index (χ3v) is 6.80. The minimum absolute atomic E-state index is 0.00594. The highest BCUT2D eigenvalue weighted by Gasteiger charge is 2.37. The lowest BCUT2D eigenvalue weighted by atomic mass is 10.2. The van der Waals surface area contributed by atoms with Gasteiger partial charge in [-0.05, 0) is 31.4 Å². The maximum Gasteiger partial charge on any atom is 0.291 e. The van der Waals surface area contributed by atoms with Crippen molar-refractivity contribution >= 4 is 17.6 Å². The van der Waals surface area contributed by atoms with Crippen LogP contribution in [-0.2, 0) is 24.3 Å². The highest BCUT2D eigenvalue weighted by Crippen LogP contribution is 2.27. The molecule has 0 radical (unpaired) electrons. The molecule has 0 spiro atoms. The Morgan fingerprint density at radius 3 is 2.76 bits per heavy atom. The van der Waals surface area contributed by atoms with Gasteiger partial charge in [-0.2, -0.15) is 5.10 Å². The van der Waals surface area contributed by atoms with Crippen LogP contribution < -0.4 is 10.2 Å². The number of nitrogens with zero attached hydrogens (tertiary/aromatic N) is 7. The largest absolute Gasteiger partial charge is 0.337 e. The lowest BCUT2D eigenvalue weighted by Gasteiger charge is -2.20. The van der Waals surface area contributed by atoms with Crippen LogP contribution in [0.2, 0.25) is 0 Å². The van der Waals surface area contributed by atoms with Crippen molar-refractivity contribution < 1.29 is 18.4 Å². The molecule has 5 rings (SSSR count). The van der Waals surface area contributed by atoms with Crippen LogP contribution in [0.5, 0.6) is 0 Å². The number of benzene rings is 1. The fourth-order valence-corrected chi connectivity index (χ4v) is 4.82. The number of carbonyl (C=O) groups excluding carboxylic acids is 2. The van der Waals surface area contributed by atoms with Crippen molar-refractivity contribution in [3.8, 4) is 0 Å². The average Bonchev–Trinajstić information content (AvgIpc) is 3.58. The summed E-state index contributed by atoms with van der Waals surface area (Å²) < 4.78 is 30.1. The van der Waals surface area contributed by atoms with Gasteiger partial charge < -0.3 is 5.32 Å². The zero-order chi connectivity index (χ0) is 26.0. The summed E-state index contributed by atoms with van der Waals surface area (Å²) in [7, 11) is 1.66. The number of likely N-dealkylation sites (N-methyl/N-ethyl adjacent to an activating group) is 1. The summed E-state index contributed by atoms with van der Waals surface area (Å²) in [6, 6.07) is 10.8. The number of likely N-dealkylation sites (tertiary alicyclic amines) is 1. The minimum Gasteiger partial charge on any atom is -0.337 e. The van der Waals surface area contributed by atoms with Crippen molar-refractivity contribution in [2.45, 2.75) is 50.7 Å². The van der Waals surface area contributed by atoms with Gasteiger partial charge in [0, 0.05) is 32.6 Å². The lowest BCUT2D eigenvalue weighted by molar-refractivity contribution is -0.120. The van der Waals surface area contributed by atoms with E-state index in [0.29, 0.717) is 51.3 Å². The summed E-state index contributed by atoms with van der Waals surface area (Å²) in [6.45, 7) is 1.76. The van der Waals surface area contributed by atoms with Gasteiger partial charge in [0.2, 0.25) is 5.82 Å². The molecular weight excluding hydrogens is 482 g/mol. The maximum atomic E-state index is 13.4. The molecule has 2 aliphatic heterocycles. The molecule has 37 heavy (non-hydrogen) atoms. The maximum absolute atomic E-state index is 13.4. The molecule has 3 aromatic rings. The highest BCUT2D eigenvalue weighted by atomic mass is 19.3. The fourth-order valence-electron chi connectivity index (χ4n) is 4.82. The molecule has 10 nitrogen and oxygen atoms in total. The summed E-state index contributed by atoms with van der Waals surface area (Å²) in [4.78, 5) is 33.3. The van der Waals surface area contributed by atoms with E-state index >= 15 is 0 Å². The SMILES string of the molecule is CN1C(=O)C(NC(=O)c2ncn(Cc3ccccc3)n2)CCn2nc(CCCN3CCC(F)(F)C3)cc21. The van der Waals surface area contributed by atoms with E-state index in [2.05, 4.69) is 20.5 Å². The van der Waals surface area contributed by atoms with Crippen LogP contribution in [0.25, 0.3) is 0 Å². The number of anilines is 1. The molecular formula is C25H30F2N8O2. The number of nitrogens with one attached hydrogen (secondary N) is 1. The number of alkyl halides is 2. The van der Waals surface area contributed by atoms with Crippen LogP contribution >= 0.6 is 0 Å². The lowest BCUT2D eigenvalue weighted by Crippen LogP contribution is -2.47. The van der Waals surface area contributed by atoms with Crippen molar-refractivity contribution in [3.05, 3.63) is 59.8 Å². The van der Waals surface area contributed by atoms with Gasteiger partial charge in [0.1, 0.15) is 18.2 Å². The van der Waals surface area contributed by atoms with Gasteiger partial charge in [0.05, 0.1) is 18.8 Å². The molecule has 12 heteroatoms. The zero-order valence-electron chi connectivity index (χ0n) is 20.7. The third kappa shape index (κ3) is 5.85. The molecule has 1 aromatic carbocycles. The second-order valence-corrected chi connectivity index (χ2v) is 9.67. The van der Waals surface area contributed by atoms with E-state index in [1.165, 1.54) is 11.2 Å². The summed E-state index contributed by atoms with van der Waals surface area (Å²) >= 11 is 0. The molecule has 2 aliphatic rings. The van der Waals surface area contributed by atoms with E-state index in [0.717, 1.165) is 11.3 Å². The Morgan fingerprint density at radius 2 is 2.00 bits per heavy atom. The van der Waals surface area contributed by atoms with Crippen LogP contribution in [0.1, 0.15) is 41.1 Å². The van der Waals surface area contributed by atoms with Crippen LogP contribution in [0.3, 0.4) is 0 Å². The second-order valence-electron chi connectivity index (χ2n) is 9.67. The zero-order valence-corrected chi connectivity index (χ0v) is 20.7. The quantitative estimate of drug-likeness (QED) is 0.495. The number of hydrogen-bond acceptors (Lipinski definition) is 6. The van der Waals surface area contributed by atoms with E-state index in [-0.39, 0.29) is 24.7 Å². The summed E-state index contributed by atoms with van der Waals surface area (Å²) in [5, 5.41) is 11.6. The number of carbonyl (C=O) groups is 2. The topological polar surface area (TPSA) is 101 Å². The van der Waals surface area contributed by atoms with Crippen LogP contribution in [0.4, 0.5) is 14.6 Å². The van der Waals surface area contributed by atoms with Crippen molar-refractivity contribution in [3.63, 3.8) is 0 Å². The van der Waals surface area contributed by atoms with Crippen molar-refractivity contribution in [1.29, 1.82) is 0 Å². The van der Waals surface area contributed by atoms with E-state index in [4.69, 9.17) is 0 Å². The Balaban J connectivity index is 1.15. The molecule has 1 unspecified atom stereocenters. The molecule has 1 saturated heterocycles. The molecule has 0 aliphatic carbocycles. The monoisotopic (exact) mass is 512 g/mol. The molecule has 4 heterocycles. The Labute approximate surface area is 213 Å². The molecule has 2 aromatic heterocycles. The summed E-state index contributed by atoms with van der Waals surface area (Å²) in [6.07, 6.45) is 3.14. The predicted molar refractivity (Wildman–Crippen MR) is 131 cm³/mol. The number of rotatable bonds is 8. The normalized spacial score (nSPS) is 19.6. The Bertz CT molecular complexity index is 1260. The standard InChI is InChI=1S/C25H30F2N8O2/c1-32-21-14-19(8-5-11-33-13-10-25(26,27)16-33)30-35(21)12-9-20(24(32)37)29-23(36)22-28-17-34(31-22)15-18-6-3-2-4-7-18/h2-4,6-7,14,17,20H,5,8-13,15-16H2,1H3,(H,29,36). The number of amides is 2. The molecule has 0 bridgehead atoms. The first kappa shape index (κ1) is 25.0. The molecule has 0 saturated carbocycles. The van der Waals surface area contributed by atoms with Crippen molar-refractivity contribution in [1.82, 2.24) is 34.8 Å². The van der Waals surface area contributed by atoms with E-state index in [1.807, 2.05) is 36.4 Å². The number of aryl methyl sites for hydroxylation is 2. The summed E-state index contributed by atoms with van der Waals surface area (Å²) in [5.41, 5.74) is 1.85. The minimum atomic E-state index is -2.58. The van der Waals surface area contributed by atoms with Crippen LogP contribution in [0, 0.1) is 0 Å². The highest BCUT2D eigenvalue weighted by molar-refractivity contribution is 6.00. The Hall–Kier alpha value is -3.67. The summed E-state index contributed by atoms with van der Waals surface area (Å²) in [5.74, 6) is -2.69. The Morgan fingerprint density at radius 1 is 1.19 bits per heavy atom. The van der Waals surface area contributed by atoms with Gasteiger partial charge in [-0.15, -0.1) is 5.10 Å². The van der Waals surface area contributed by atoms with Gasteiger partial charge in [0.25, 0.3) is 17.7 Å².